The van der Waals surface area contributed by atoms with Crippen molar-refractivity contribution in [1.29, 1.82) is 0 Å². The normalized spacial score (nSPS) is 16.4. The number of carbonyl (C=O) groups is 1. The first-order valence-electron chi connectivity index (χ1n) is 5.95. The molecule has 0 saturated heterocycles. The molecule has 0 aliphatic heterocycles. The molecule has 0 heterocycles. The summed E-state index contributed by atoms with van der Waals surface area (Å²) in [4.78, 5) is 22.3. The largest absolute Gasteiger partial charge is 0.394 e. The van der Waals surface area contributed by atoms with Crippen molar-refractivity contribution in [3.63, 3.8) is 0 Å². The molecule has 1 aromatic carbocycles. The average molecular weight is 319 g/mol. The van der Waals surface area contributed by atoms with Gasteiger partial charge in [0.1, 0.15) is 0 Å². The van der Waals surface area contributed by atoms with Gasteiger partial charge in [-0.3, -0.25) is 14.9 Å². The Hall–Kier alpha value is -1.37. The van der Waals surface area contributed by atoms with E-state index in [1.807, 2.05) is 0 Å². The number of nitro groups is 1. The molecule has 0 radical (unpaired) electrons. The van der Waals surface area contributed by atoms with Gasteiger partial charge in [0.25, 0.3) is 11.6 Å². The van der Waals surface area contributed by atoms with Crippen molar-refractivity contribution in [2.75, 3.05) is 6.61 Å². The van der Waals surface area contributed by atoms with Crippen LogP contribution in [0.1, 0.15) is 29.6 Å². The third kappa shape index (κ3) is 2.72. The highest BCUT2D eigenvalue weighted by Crippen LogP contribution is 2.34. The van der Waals surface area contributed by atoms with Gasteiger partial charge in [-0.25, -0.2) is 0 Å². The van der Waals surface area contributed by atoms with Gasteiger partial charge in [-0.2, -0.15) is 0 Å². The number of nitro benzene ring substituents is 1. The number of hydrogen-bond acceptors (Lipinski definition) is 4. The first-order chi connectivity index (χ1) is 9.38. The molecule has 108 valence electrons. The third-order valence-corrected chi connectivity index (χ3v) is 4.26. The molecule has 2 rings (SSSR count). The molecule has 6 nitrogen and oxygen atoms in total. The maximum absolute atomic E-state index is 12.2. The number of aliphatic hydroxyl groups excluding tert-OH is 1. The third-order valence-electron chi connectivity index (χ3n) is 3.46. The quantitative estimate of drug-likeness (QED) is 0.659. The number of benzene rings is 1. The van der Waals surface area contributed by atoms with E-state index in [9.17, 15) is 20.0 Å². The number of nitrogens with one attached hydrogen (secondary N) is 1. The van der Waals surface area contributed by atoms with Crippen molar-refractivity contribution in [1.82, 2.24) is 5.32 Å². The number of non-ortho nitro benzene ring substituents is 1. The SMILES string of the molecule is O=C(NC1(CO)CCC1)c1cc([N+](=O)[O-])cc(Cl)c1Cl. The number of nitrogens with zero attached hydrogens (tertiary/aromatic N) is 1. The molecule has 1 aliphatic rings. The van der Waals surface area contributed by atoms with Crippen LogP contribution in [-0.2, 0) is 0 Å². The van der Waals surface area contributed by atoms with Gasteiger partial charge in [0.2, 0.25) is 0 Å². The van der Waals surface area contributed by atoms with Crippen molar-refractivity contribution in [2.45, 2.75) is 24.8 Å². The molecule has 1 aromatic rings. The predicted molar refractivity (Wildman–Crippen MR) is 74.3 cm³/mol. The van der Waals surface area contributed by atoms with Gasteiger partial charge in [0.05, 0.1) is 32.7 Å². The Kier molecular flexibility index (Phi) is 4.17. The van der Waals surface area contributed by atoms with Gasteiger partial charge in [0.15, 0.2) is 0 Å². The van der Waals surface area contributed by atoms with E-state index in [0.717, 1.165) is 18.6 Å². The lowest BCUT2D eigenvalue weighted by Gasteiger charge is -2.41. The maximum Gasteiger partial charge on any atom is 0.271 e. The number of hydrogen-bond donors (Lipinski definition) is 2. The summed E-state index contributed by atoms with van der Waals surface area (Å²) in [6.07, 6.45) is 2.23. The first-order valence-corrected chi connectivity index (χ1v) is 6.71. The predicted octanol–water partition coefficient (Wildman–Crippen LogP) is 2.55. The summed E-state index contributed by atoms with van der Waals surface area (Å²) in [7, 11) is 0. The molecule has 1 aliphatic carbocycles. The molecule has 0 unspecified atom stereocenters. The second-order valence-electron chi connectivity index (χ2n) is 4.79. The lowest BCUT2D eigenvalue weighted by atomic mass is 9.77. The molecule has 0 bridgehead atoms. The van der Waals surface area contributed by atoms with E-state index in [0.29, 0.717) is 12.8 Å². The summed E-state index contributed by atoms with van der Waals surface area (Å²) in [6, 6.07) is 2.17. The van der Waals surface area contributed by atoms with Gasteiger partial charge in [-0.1, -0.05) is 23.2 Å². The second kappa shape index (κ2) is 5.55. The minimum Gasteiger partial charge on any atom is -0.394 e. The Morgan fingerprint density at radius 2 is 2.10 bits per heavy atom. The second-order valence-corrected chi connectivity index (χ2v) is 5.58. The van der Waals surface area contributed by atoms with Crippen molar-refractivity contribution < 1.29 is 14.8 Å². The van der Waals surface area contributed by atoms with E-state index in [2.05, 4.69) is 5.32 Å². The fraction of sp³-hybridized carbons (Fsp3) is 0.417. The number of aliphatic hydroxyl groups is 1. The van der Waals surface area contributed by atoms with Crippen LogP contribution in [0.2, 0.25) is 10.0 Å². The summed E-state index contributed by atoms with van der Waals surface area (Å²) in [6.45, 7) is -0.182. The van der Waals surface area contributed by atoms with E-state index < -0.39 is 16.4 Å². The van der Waals surface area contributed by atoms with Gasteiger partial charge in [-0.05, 0) is 19.3 Å². The van der Waals surface area contributed by atoms with Crippen LogP contribution in [0.25, 0.3) is 0 Å². The molecule has 8 heteroatoms. The summed E-state index contributed by atoms with van der Waals surface area (Å²) in [5.74, 6) is -0.575. The summed E-state index contributed by atoms with van der Waals surface area (Å²) >= 11 is 11.7. The molecular weight excluding hydrogens is 307 g/mol. The molecule has 1 fully saturated rings. The monoisotopic (exact) mass is 318 g/mol. The zero-order chi connectivity index (χ0) is 14.9. The van der Waals surface area contributed by atoms with Gasteiger partial charge < -0.3 is 10.4 Å². The first kappa shape index (κ1) is 15.0. The van der Waals surface area contributed by atoms with Crippen molar-refractivity contribution in [3.05, 3.63) is 37.9 Å². The zero-order valence-corrected chi connectivity index (χ0v) is 11.9. The summed E-state index contributed by atoms with van der Waals surface area (Å²) in [5.41, 5.74) is -1.03. The van der Waals surface area contributed by atoms with Gasteiger partial charge in [-0.15, -0.1) is 0 Å². The standard InChI is InChI=1S/C12H12Cl2N2O4/c13-9-5-7(16(19)20)4-8(10(9)14)11(18)15-12(6-17)2-1-3-12/h4-5,17H,1-3,6H2,(H,15,18). The van der Waals surface area contributed by atoms with Crippen molar-refractivity contribution in [3.8, 4) is 0 Å². The Labute approximate surface area is 124 Å². The van der Waals surface area contributed by atoms with Crippen LogP contribution >= 0.6 is 23.2 Å². The fourth-order valence-corrected chi connectivity index (χ4v) is 2.49. The number of carbonyl (C=O) groups excluding carboxylic acids is 1. The molecule has 1 amide bonds. The Morgan fingerprint density at radius 3 is 2.55 bits per heavy atom. The molecule has 2 N–H and O–H groups in total. The zero-order valence-electron chi connectivity index (χ0n) is 10.4. The van der Waals surface area contributed by atoms with Crippen LogP contribution < -0.4 is 5.32 Å². The van der Waals surface area contributed by atoms with E-state index in [1.165, 1.54) is 0 Å². The van der Waals surface area contributed by atoms with E-state index in [-0.39, 0.29) is 27.9 Å². The highest BCUT2D eigenvalue weighted by molar-refractivity contribution is 6.44. The summed E-state index contributed by atoms with van der Waals surface area (Å²) in [5, 5.41) is 22.7. The minimum atomic E-state index is -0.655. The molecular formula is C12H12Cl2N2O4. The lowest BCUT2D eigenvalue weighted by Crippen LogP contribution is -2.56. The number of halogens is 2. The van der Waals surface area contributed by atoms with Crippen LogP contribution in [-0.4, -0.2) is 28.1 Å². The average Bonchev–Trinajstić information content (AvgIpc) is 2.36. The molecule has 0 aromatic heterocycles. The topological polar surface area (TPSA) is 92.5 Å². The Bertz CT molecular complexity index is 567. The minimum absolute atomic E-state index is 0.0396. The number of amides is 1. The van der Waals surface area contributed by atoms with Crippen molar-refractivity contribution in [2.24, 2.45) is 0 Å². The molecule has 0 atom stereocenters. The summed E-state index contributed by atoms with van der Waals surface area (Å²) < 4.78 is 0. The van der Waals surface area contributed by atoms with E-state index in [4.69, 9.17) is 23.2 Å². The fourth-order valence-electron chi connectivity index (χ4n) is 2.08. The molecule has 20 heavy (non-hydrogen) atoms. The molecule has 1 saturated carbocycles. The highest BCUT2D eigenvalue weighted by Gasteiger charge is 2.38. The van der Waals surface area contributed by atoms with Gasteiger partial charge >= 0.3 is 0 Å². The molecule has 0 spiro atoms. The van der Waals surface area contributed by atoms with Crippen LogP contribution in [0.5, 0.6) is 0 Å². The van der Waals surface area contributed by atoms with Crippen LogP contribution in [0.15, 0.2) is 12.1 Å². The van der Waals surface area contributed by atoms with Crippen LogP contribution in [0.3, 0.4) is 0 Å². The van der Waals surface area contributed by atoms with E-state index in [1.54, 1.807) is 0 Å². The van der Waals surface area contributed by atoms with E-state index >= 15 is 0 Å². The van der Waals surface area contributed by atoms with Gasteiger partial charge in [0, 0.05) is 12.1 Å². The lowest BCUT2D eigenvalue weighted by molar-refractivity contribution is -0.384. The Morgan fingerprint density at radius 1 is 1.45 bits per heavy atom. The Balaban J connectivity index is 2.31. The number of rotatable bonds is 4. The van der Waals surface area contributed by atoms with Crippen molar-refractivity contribution >= 4 is 34.8 Å². The highest BCUT2D eigenvalue weighted by atomic mass is 35.5. The van der Waals surface area contributed by atoms with Crippen LogP contribution in [0, 0.1) is 10.1 Å². The van der Waals surface area contributed by atoms with Crippen LogP contribution in [0.4, 0.5) is 5.69 Å². The maximum atomic E-state index is 12.2. The smallest absolute Gasteiger partial charge is 0.271 e.